The summed E-state index contributed by atoms with van der Waals surface area (Å²) in [4.78, 5) is 37.9. The van der Waals surface area contributed by atoms with Crippen LogP contribution in [0.1, 0.15) is 44.5 Å². The Balaban J connectivity index is 1.40. The Morgan fingerprint density at radius 1 is 0.921 bits per heavy atom. The first-order chi connectivity index (χ1) is 18.2. The first-order valence-corrected chi connectivity index (χ1v) is 12.8. The fraction of sp³-hybridized carbons (Fsp3) is 0.269. The van der Waals surface area contributed by atoms with E-state index in [0.29, 0.717) is 11.1 Å². The van der Waals surface area contributed by atoms with Crippen LogP contribution in [0.5, 0.6) is 0 Å². The molecule has 0 radical (unpaired) electrons. The van der Waals surface area contributed by atoms with Crippen LogP contribution < -0.4 is 0 Å². The summed E-state index contributed by atoms with van der Waals surface area (Å²) in [7, 11) is 0. The third kappa shape index (κ3) is 5.47. The number of ether oxygens (including phenoxy) is 3. The lowest BCUT2D eigenvalue weighted by molar-refractivity contribution is -0.0562. The first kappa shape index (κ1) is 26.4. The normalized spacial score (nSPS) is 19.0. The lowest BCUT2D eigenvalue weighted by Gasteiger charge is -2.19. The number of fused-ring (bicyclic) bond motifs is 1. The summed E-state index contributed by atoms with van der Waals surface area (Å²) in [5.74, 6) is -1.07. The molecular formula is C26H21Cl3N4O5. The van der Waals surface area contributed by atoms with Crippen molar-refractivity contribution in [1.82, 2.24) is 19.5 Å². The van der Waals surface area contributed by atoms with Crippen molar-refractivity contribution in [2.24, 2.45) is 0 Å². The molecular weight excluding hydrogens is 555 g/mol. The fourth-order valence-corrected chi connectivity index (χ4v) is 4.79. The molecule has 5 rings (SSSR count). The highest BCUT2D eigenvalue weighted by molar-refractivity contribution is 6.36. The van der Waals surface area contributed by atoms with E-state index in [0.717, 1.165) is 11.1 Å². The zero-order valence-corrected chi connectivity index (χ0v) is 22.5. The zero-order valence-electron chi connectivity index (χ0n) is 20.2. The maximum Gasteiger partial charge on any atom is 0.338 e. The minimum Gasteiger partial charge on any atom is -0.459 e. The number of carbonyl (C=O) groups is 2. The molecule has 0 unspecified atom stereocenters. The molecule has 9 nitrogen and oxygen atoms in total. The van der Waals surface area contributed by atoms with Crippen LogP contribution in [0.4, 0.5) is 0 Å². The van der Waals surface area contributed by atoms with Gasteiger partial charge in [0.15, 0.2) is 10.8 Å². The maximum atomic E-state index is 12.9. The quantitative estimate of drug-likeness (QED) is 0.123. The Kier molecular flexibility index (Phi) is 7.54. The van der Waals surface area contributed by atoms with E-state index in [1.807, 2.05) is 38.1 Å². The lowest BCUT2D eigenvalue weighted by atomic mass is 10.1. The summed E-state index contributed by atoms with van der Waals surface area (Å²) in [6.07, 6.45) is -2.17. The number of halogens is 3. The monoisotopic (exact) mass is 574 g/mol. The Morgan fingerprint density at radius 2 is 1.53 bits per heavy atom. The Bertz CT molecular complexity index is 1510. The van der Waals surface area contributed by atoms with E-state index in [2.05, 4.69) is 15.0 Å². The number of aryl methyl sites for hydroxylation is 2. The van der Waals surface area contributed by atoms with E-state index in [1.165, 1.54) is 4.57 Å². The van der Waals surface area contributed by atoms with E-state index < -0.39 is 30.4 Å². The molecule has 12 heteroatoms. The molecule has 1 aliphatic rings. The second-order valence-electron chi connectivity index (χ2n) is 8.85. The summed E-state index contributed by atoms with van der Waals surface area (Å²) in [5.41, 5.74) is 3.29. The van der Waals surface area contributed by atoms with Crippen molar-refractivity contribution in [2.75, 3.05) is 6.61 Å². The zero-order chi connectivity index (χ0) is 27.0. The topological polar surface area (TPSA) is 105 Å². The standard InChI is InChI=1S/C26H21Cl3N4O5/c1-13-3-7-15(8-4-13)23(34)36-12-18-17(38-24(35)16-9-5-14(2)6-10-16)11-19(37-18)33-22-20(30-26(33)29)21(27)31-25(28)32-22/h3-10,17-19H,11-12H2,1-2H3/t17-,18+,19+/m0/s1. The number of nitrogens with zero attached hydrogens (tertiary/aromatic N) is 4. The van der Waals surface area contributed by atoms with Gasteiger partial charge in [-0.05, 0) is 61.3 Å². The second-order valence-corrected chi connectivity index (χ2v) is 9.88. The molecule has 0 aliphatic carbocycles. The molecule has 196 valence electrons. The number of carbonyl (C=O) groups excluding carboxylic acids is 2. The number of rotatable bonds is 6. The highest BCUT2D eigenvalue weighted by Gasteiger charge is 2.41. The minimum atomic E-state index is -0.801. The predicted octanol–water partition coefficient (Wildman–Crippen LogP) is 5.77. The highest BCUT2D eigenvalue weighted by atomic mass is 35.5. The van der Waals surface area contributed by atoms with Crippen LogP contribution in [-0.2, 0) is 14.2 Å². The number of benzene rings is 2. The van der Waals surface area contributed by atoms with E-state index in [-0.39, 0.29) is 39.9 Å². The van der Waals surface area contributed by atoms with Crippen molar-refractivity contribution in [3.8, 4) is 0 Å². The average Bonchev–Trinajstić information content (AvgIpc) is 3.42. The molecule has 0 bridgehead atoms. The van der Waals surface area contributed by atoms with Crippen LogP contribution in [0.2, 0.25) is 15.7 Å². The lowest BCUT2D eigenvalue weighted by Crippen LogP contribution is -2.32. The van der Waals surface area contributed by atoms with Gasteiger partial charge in [0.25, 0.3) is 0 Å². The number of esters is 2. The summed E-state index contributed by atoms with van der Waals surface area (Å²) in [5, 5.41) is -0.0295. The fourth-order valence-electron chi connectivity index (χ4n) is 4.10. The van der Waals surface area contributed by atoms with Crippen LogP contribution in [0.15, 0.2) is 48.5 Å². The number of hydrogen-bond donors (Lipinski definition) is 0. The maximum absolute atomic E-state index is 12.9. The molecule has 38 heavy (non-hydrogen) atoms. The van der Waals surface area contributed by atoms with Crippen molar-refractivity contribution in [3.05, 3.63) is 86.5 Å². The van der Waals surface area contributed by atoms with E-state index in [4.69, 9.17) is 49.0 Å². The van der Waals surface area contributed by atoms with E-state index in [9.17, 15) is 9.59 Å². The predicted molar refractivity (Wildman–Crippen MR) is 141 cm³/mol. The van der Waals surface area contributed by atoms with Crippen LogP contribution in [0.25, 0.3) is 11.2 Å². The van der Waals surface area contributed by atoms with Gasteiger partial charge in [0, 0.05) is 6.42 Å². The molecule has 1 fully saturated rings. The van der Waals surface area contributed by atoms with E-state index >= 15 is 0 Å². The van der Waals surface area contributed by atoms with Crippen LogP contribution >= 0.6 is 34.8 Å². The van der Waals surface area contributed by atoms with Crippen molar-refractivity contribution < 1.29 is 23.8 Å². The SMILES string of the molecule is Cc1ccc(C(=O)OC[C@H]2O[C@@H](n3c(Cl)nc4c(Cl)nc(Cl)nc43)C[C@@H]2OC(=O)c2ccc(C)cc2)cc1. The van der Waals surface area contributed by atoms with Crippen LogP contribution in [0, 0.1) is 13.8 Å². The summed E-state index contributed by atoms with van der Waals surface area (Å²) >= 11 is 18.6. The molecule has 1 aliphatic heterocycles. The first-order valence-electron chi connectivity index (χ1n) is 11.6. The summed E-state index contributed by atoms with van der Waals surface area (Å²) in [6.45, 7) is 3.67. The second kappa shape index (κ2) is 10.9. The van der Waals surface area contributed by atoms with Crippen molar-refractivity contribution in [1.29, 1.82) is 0 Å². The van der Waals surface area contributed by atoms with Gasteiger partial charge < -0.3 is 14.2 Å². The number of aromatic nitrogens is 4. The van der Waals surface area contributed by atoms with Gasteiger partial charge in [-0.3, -0.25) is 4.57 Å². The van der Waals surface area contributed by atoms with Gasteiger partial charge in [-0.2, -0.15) is 4.98 Å². The van der Waals surface area contributed by atoms with Gasteiger partial charge in [0.1, 0.15) is 30.6 Å². The molecule has 0 spiro atoms. The van der Waals surface area contributed by atoms with Gasteiger partial charge >= 0.3 is 11.9 Å². The van der Waals surface area contributed by atoms with Gasteiger partial charge in [0.05, 0.1) is 11.1 Å². The molecule has 3 heterocycles. The van der Waals surface area contributed by atoms with Crippen LogP contribution in [-0.4, -0.2) is 50.3 Å². The molecule has 2 aromatic heterocycles. The molecule has 0 saturated carbocycles. The Labute approximate surface area is 232 Å². The van der Waals surface area contributed by atoms with E-state index in [1.54, 1.807) is 24.3 Å². The molecule has 2 aromatic carbocycles. The molecule has 3 atom stereocenters. The number of imidazole rings is 1. The molecule has 0 amide bonds. The van der Waals surface area contributed by atoms with Crippen molar-refractivity contribution in [3.63, 3.8) is 0 Å². The molecule has 4 aromatic rings. The van der Waals surface area contributed by atoms with Crippen molar-refractivity contribution >= 4 is 57.9 Å². The third-order valence-corrected chi connectivity index (χ3v) is 6.81. The summed E-state index contributed by atoms with van der Waals surface area (Å²) < 4.78 is 19.0. The van der Waals surface area contributed by atoms with Crippen LogP contribution in [0.3, 0.4) is 0 Å². The minimum absolute atomic E-state index is 0.0318. The number of hydrogen-bond acceptors (Lipinski definition) is 8. The van der Waals surface area contributed by atoms with Gasteiger partial charge in [-0.15, -0.1) is 0 Å². The summed E-state index contributed by atoms with van der Waals surface area (Å²) in [6, 6.07) is 14.0. The average molecular weight is 576 g/mol. The Morgan fingerprint density at radius 3 is 2.16 bits per heavy atom. The largest absolute Gasteiger partial charge is 0.459 e. The molecule has 1 saturated heterocycles. The van der Waals surface area contributed by atoms with Gasteiger partial charge in [-0.25, -0.2) is 19.6 Å². The van der Waals surface area contributed by atoms with Crippen molar-refractivity contribution in [2.45, 2.75) is 38.7 Å². The Hall–Kier alpha value is -3.24. The van der Waals surface area contributed by atoms with Gasteiger partial charge in [-0.1, -0.05) is 47.0 Å². The highest BCUT2D eigenvalue weighted by Crippen LogP contribution is 2.37. The van der Waals surface area contributed by atoms with Gasteiger partial charge in [0.2, 0.25) is 10.6 Å². The smallest absolute Gasteiger partial charge is 0.338 e. The molecule has 0 N–H and O–H groups in total. The third-order valence-electron chi connectivity index (χ3n) is 6.11.